The number of carbonyl (C=O) groups excluding carboxylic acids is 3. The molecule has 3 fully saturated rings. The van der Waals surface area contributed by atoms with Crippen LogP contribution in [0.1, 0.15) is 92.7 Å². The summed E-state index contributed by atoms with van der Waals surface area (Å²) in [5.74, 6) is -1.68. The van der Waals surface area contributed by atoms with Gasteiger partial charge in [-0.1, -0.05) is 110 Å². The number of fused-ring (bicyclic) bond motifs is 2. The highest BCUT2D eigenvalue weighted by Crippen LogP contribution is 2.50. The zero-order valence-corrected chi connectivity index (χ0v) is 40.9. The van der Waals surface area contributed by atoms with Crippen LogP contribution in [-0.4, -0.2) is 116 Å². The van der Waals surface area contributed by atoms with Gasteiger partial charge in [0.05, 0.1) is 30.7 Å². The highest BCUT2D eigenvalue weighted by atomic mass is 28.5. The number of aliphatic hydroxyl groups excluding tert-OH is 1. The van der Waals surface area contributed by atoms with Gasteiger partial charge in [-0.15, -0.1) is 0 Å². The summed E-state index contributed by atoms with van der Waals surface area (Å²) in [6.45, 7) is 16.4. The Morgan fingerprint density at radius 2 is 1.27 bits per heavy atom. The fourth-order valence-electron chi connectivity index (χ4n) is 9.29. The van der Waals surface area contributed by atoms with Crippen LogP contribution in [0.4, 0.5) is 5.82 Å². The Morgan fingerprint density at radius 1 is 0.716 bits per heavy atom. The maximum atomic E-state index is 13.9. The number of hydrogen-bond acceptors (Lipinski definition) is 15. The van der Waals surface area contributed by atoms with E-state index in [-0.39, 0.29) is 57.1 Å². The number of rotatable bonds is 14. The molecule has 0 aliphatic carbocycles. The lowest BCUT2D eigenvalue weighted by Gasteiger charge is -2.51. The number of carbonyl (C=O) groups is 3. The smallest absolute Gasteiger partial charge is 0.338 e. The van der Waals surface area contributed by atoms with Gasteiger partial charge in [-0.05, 0) is 58.6 Å². The summed E-state index contributed by atoms with van der Waals surface area (Å²) in [6.07, 6.45) is -6.34. The van der Waals surface area contributed by atoms with E-state index in [1.807, 2.05) is 6.07 Å². The molecule has 3 aliphatic rings. The van der Waals surface area contributed by atoms with Gasteiger partial charge >= 0.3 is 29.1 Å². The van der Waals surface area contributed by atoms with Crippen LogP contribution >= 0.6 is 0 Å². The molecule has 67 heavy (non-hydrogen) atoms. The second kappa shape index (κ2) is 20.2. The van der Waals surface area contributed by atoms with E-state index in [0.29, 0.717) is 11.2 Å². The minimum Gasteiger partial charge on any atom is -0.452 e. The van der Waals surface area contributed by atoms with Crippen LogP contribution in [-0.2, 0) is 36.7 Å². The van der Waals surface area contributed by atoms with Crippen molar-refractivity contribution in [1.82, 2.24) is 19.5 Å². The van der Waals surface area contributed by atoms with E-state index < -0.39 is 84.8 Å². The third kappa shape index (κ3) is 9.48. The first kappa shape index (κ1) is 48.2. The fourth-order valence-corrected chi connectivity index (χ4v) is 20.5. The molecule has 3 saturated heterocycles. The number of hydrogen-bond donors (Lipinski definition) is 2. The molecule has 0 bridgehead atoms. The maximum absolute atomic E-state index is 13.9. The number of anilines is 1. The molecule has 3 aliphatic heterocycles. The van der Waals surface area contributed by atoms with Crippen molar-refractivity contribution in [2.75, 3.05) is 18.5 Å². The molecule has 2 aromatic heterocycles. The Kier molecular flexibility index (Phi) is 14.5. The number of imidazole rings is 1. The van der Waals surface area contributed by atoms with E-state index in [9.17, 15) is 19.5 Å². The van der Waals surface area contributed by atoms with E-state index in [1.54, 1.807) is 89.5 Å². The maximum Gasteiger partial charge on any atom is 0.338 e. The van der Waals surface area contributed by atoms with Crippen molar-refractivity contribution >= 4 is 51.9 Å². The SMILES string of the molecule is CC(C)[Si]1(C(C)C)OC[C@H]2O[C@@H](n3cnc4c(NC(=O)c5ccccc5)ncnc43)[C@H](O[C@@H]3O[C@H](CO)[C@@H](OC(=O)c4ccccc4)[C@H]3OC(=O)c3ccccc3)[C@@H]2O[Si](C(C)C)(C(C)C)O1. The topological polar surface area (TPSA) is 201 Å². The van der Waals surface area contributed by atoms with Gasteiger partial charge in [0.2, 0.25) is 0 Å². The summed E-state index contributed by atoms with van der Waals surface area (Å²) >= 11 is 0. The minimum absolute atomic E-state index is 0.0537. The minimum atomic E-state index is -3.33. The number of ether oxygens (including phenoxy) is 5. The van der Waals surface area contributed by atoms with Gasteiger partial charge in [0, 0.05) is 5.56 Å². The molecular formula is C48H59N5O12Si2. The van der Waals surface area contributed by atoms with Crippen molar-refractivity contribution in [3.63, 3.8) is 0 Å². The number of nitrogens with one attached hydrogen (secondary N) is 1. The summed E-state index contributed by atoms with van der Waals surface area (Å²) < 4.78 is 56.7. The number of nitrogens with zero attached hydrogens (tertiary/aromatic N) is 4. The first-order chi connectivity index (χ1) is 32.2. The van der Waals surface area contributed by atoms with Crippen molar-refractivity contribution in [2.24, 2.45) is 0 Å². The van der Waals surface area contributed by atoms with E-state index in [1.165, 1.54) is 12.7 Å². The average molecular weight is 954 g/mol. The van der Waals surface area contributed by atoms with Gasteiger partial charge in [-0.2, -0.15) is 0 Å². The molecule has 3 aromatic carbocycles. The molecule has 0 radical (unpaired) electrons. The summed E-state index contributed by atoms with van der Waals surface area (Å²) in [6, 6.07) is 25.4. The van der Waals surface area contributed by atoms with Crippen molar-refractivity contribution in [3.05, 3.63) is 120 Å². The molecule has 19 heteroatoms. The Balaban J connectivity index is 1.23. The van der Waals surface area contributed by atoms with Crippen molar-refractivity contribution in [3.8, 4) is 0 Å². The standard InChI is InChI=1S/C48H59N5O12Si2/c1-28(2)66(29(3)4)58-25-36-39(64-67(65-66,30(5)6)31(7)8)40(45(59-36)53-27-51-37-42(49-26-50-43(37)53)52-44(55)32-18-12-9-13-19-32)63-48-41(62-47(57)34-22-16-11-17-23-34)38(35(24-54)60-48)61-46(56)33-20-14-10-15-21-33/h9-23,26-31,35-36,38-41,45,48,54H,24-25H2,1-8H3,(H,49,50,52,55)/t35-,36-,38-,39-,40-,41-,45-,48+/m1/s1. The second-order valence-corrected chi connectivity index (χ2v) is 27.1. The van der Waals surface area contributed by atoms with Crippen molar-refractivity contribution in [1.29, 1.82) is 0 Å². The molecule has 0 saturated carbocycles. The van der Waals surface area contributed by atoms with Gasteiger partial charge in [-0.25, -0.2) is 24.5 Å². The molecule has 356 valence electrons. The normalized spacial score (nSPS) is 25.8. The zero-order valence-electron chi connectivity index (χ0n) is 38.9. The van der Waals surface area contributed by atoms with Crippen LogP contribution in [0, 0.1) is 0 Å². The van der Waals surface area contributed by atoms with Gasteiger partial charge in [0.1, 0.15) is 30.7 Å². The Labute approximate surface area is 391 Å². The molecule has 0 spiro atoms. The monoisotopic (exact) mass is 953 g/mol. The molecule has 2 N–H and O–H groups in total. The number of benzene rings is 3. The molecule has 17 nitrogen and oxygen atoms in total. The zero-order chi connectivity index (χ0) is 47.6. The highest BCUT2D eigenvalue weighted by molar-refractivity contribution is 6.84. The first-order valence-electron chi connectivity index (χ1n) is 22.8. The molecule has 8 atom stereocenters. The van der Waals surface area contributed by atoms with Gasteiger partial charge in [0.25, 0.3) is 5.91 Å². The first-order valence-corrected chi connectivity index (χ1v) is 26.8. The van der Waals surface area contributed by atoms with Gasteiger partial charge < -0.3 is 47.1 Å². The third-order valence-electron chi connectivity index (χ3n) is 12.8. The summed E-state index contributed by atoms with van der Waals surface area (Å²) in [5, 5.41) is 13.7. The van der Waals surface area contributed by atoms with Gasteiger partial charge in [-0.3, -0.25) is 9.36 Å². The van der Waals surface area contributed by atoms with E-state index in [4.69, 9.17) is 36.7 Å². The summed E-state index contributed by atoms with van der Waals surface area (Å²) in [7, 11) is -6.36. The van der Waals surface area contributed by atoms with Crippen LogP contribution in [0.2, 0.25) is 22.2 Å². The highest BCUT2D eigenvalue weighted by Gasteiger charge is 2.63. The number of esters is 2. The summed E-state index contributed by atoms with van der Waals surface area (Å²) in [4.78, 5) is 54.6. The summed E-state index contributed by atoms with van der Waals surface area (Å²) in [5.41, 5.74) is 1.44. The lowest BCUT2D eigenvalue weighted by atomic mass is 10.1. The van der Waals surface area contributed by atoms with Crippen LogP contribution in [0.25, 0.3) is 11.2 Å². The van der Waals surface area contributed by atoms with E-state index >= 15 is 0 Å². The van der Waals surface area contributed by atoms with Crippen molar-refractivity contribution < 1.29 is 56.1 Å². The molecule has 5 heterocycles. The number of aromatic nitrogens is 4. The van der Waals surface area contributed by atoms with Crippen molar-refractivity contribution in [2.45, 2.75) is 127 Å². The molecule has 8 rings (SSSR count). The Hall–Kier alpha value is -5.23. The number of amides is 1. The fraction of sp³-hybridized carbons (Fsp3) is 0.458. The van der Waals surface area contributed by atoms with Gasteiger partial charge in [0.15, 0.2) is 41.7 Å². The Bertz CT molecular complexity index is 2480. The van der Waals surface area contributed by atoms with Crippen LogP contribution in [0.5, 0.6) is 0 Å². The van der Waals surface area contributed by atoms with Crippen LogP contribution in [0.15, 0.2) is 104 Å². The quantitative estimate of drug-likeness (QED) is 0.0819. The molecule has 5 aromatic rings. The number of aliphatic hydroxyl groups is 1. The largest absolute Gasteiger partial charge is 0.452 e. The van der Waals surface area contributed by atoms with E-state index in [2.05, 4.69) is 75.7 Å². The average Bonchev–Trinajstić information content (AvgIpc) is 4.00. The lowest BCUT2D eigenvalue weighted by molar-refractivity contribution is -0.219. The Morgan fingerprint density at radius 3 is 1.82 bits per heavy atom. The van der Waals surface area contributed by atoms with Crippen LogP contribution < -0.4 is 5.32 Å². The molecule has 0 unspecified atom stereocenters. The predicted molar refractivity (Wildman–Crippen MR) is 249 cm³/mol. The lowest BCUT2D eigenvalue weighted by Crippen LogP contribution is -2.66. The molecular weight excluding hydrogens is 895 g/mol. The third-order valence-corrected chi connectivity index (χ3v) is 23.0. The molecule has 1 amide bonds. The van der Waals surface area contributed by atoms with E-state index in [0.717, 1.165) is 0 Å². The van der Waals surface area contributed by atoms with Crippen LogP contribution in [0.3, 0.4) is 0 Å². The second-order valence-electron chi connectivity index (χ2n) is 18.3. The predicted octanol–water partition coefficient (Wildman–Crippen LogP) is 7.49.